The van der Waals surface area contributed by atoms with Gasteiger partial charge in [-0.2, -0.15) is 0 Å². The largest absolute Gasteiger partial charge is 0.494 e. The van der Waals surface area contributed by atoms with Crippen LogP contribution in [0.2, 0.25) is 0 Å². The van der Waals surface area contributed by atoms with Crippen molar-refractivity contribution < 1.29 is 13.9 Å². The Bertz CT molecular complexity index is 497. The lowest BCUT2D eigenvalue weighted by Gasteiger charge is -2.01. The van der Waals surface area contributed by atoms with Gasteiger partial charge in [-0.15, -0.1) is 0 Å². The van der Waals surface area contributed by atoms with Gasteiger partial charge in [0, 0.05) is 5.39 Å². The van der Waals surface area contributed by atoms with Crippen molar-refractivity contribution in [2.24, 2.45) is 0 Å². The first-order chi connectivity index (χ1) is 7.22. The third kappa shape index (κ3) is 1.73. The fourth-order valence-electron chi connectivity index (χ4n) is 1.54. The van der Waals surface area contributed by atoms with E-state index in [1.165, 1.54) is 13.2 Å². The predicted molar refractivity (Wildman–Crippen MR) is 57.4 cm³/mol. The highest BCUT2D eigenvalue weighted by Crippen LogP contribution is 2.26. The van der Waals surface area contributed by atoms with Crippen molar-refractivity contribution in [3.8, 4) is 5.75 Å². The zero-order chi connectivity index (χ0) is 10.8. The summed E-state index contributed by atoms with van der Waals surface area (Å²) < 4.78 is 10.6. The van der Waals surface area contributed by atoms with Crippen LogP contribution in [0, 0.1) is 0 Å². The van der Waals surface area contributed by atoms with E-state index in [1.54, 1.807) is 0 Å². The van der Waals surface area contributed by atoms with Crippen LogP contribution in [-0.4, -0.2) is 12.4 Å². The second kappa shape index (κ2) is 3.77. The second-order valence-corrected chi connectivity index (χ2v) is 3.30. The summed E-state index contributed by atoms with van der Waals surface area (Å²) in [4.78, 5) is 11.3. The number of ether oxygens (including phenoxy) is 1. The van der Waals surface area contributed by atoms with E-state index in [1.807, 2.05) is 25.1 Å². The van der Waals surface area contributed by atoms with Crippen LogP contribution in [0.4, 0.5) is 0 Å². The van der Waals surface area contributed by atoms with Gasteiger partial charge >= 0.3 is 0 Å². The molecule has 0 radical (unpaired) electrons. The Morgan fingerprint density at radius 1 is 1.47 bits per heavy atom. The molecular formula is C12H12O3. The molecular weight excluding hydrogens is 192 g/mol. The molecule has 0 amide bonds. The highest BCUT2D eigenvalue weighted by molar-refractivity contribution is 6.06. The number of ketones is 1. The third-order valence-electron chi connectivity index (χ3n) is 2.24. The van der Waals surface area contributed by atoms with E-state index in [9.17, 15) is 4.79 Å². The number of hydrogen-bond donors (Lipinski definition) is 0. The average Bonchev–Trinajstić information content (AvgIpc) is 2.61. The first-order valence-corrected chi connectivity index (χ1v) is 4.87. The molecule has 1 aromatic carbocycles. The van der Waals surface area contributed by atoms with Crippen molar-refractivity contribution in [3.63, 3.8) is 0 Å². The Hall–Kier alpha value is -1.77. The van der Waals surface area contributed by atoms with Crippen LogP contribution in [0.25, 0.3) is 11.0 Å². The molecule has 0 saturated heterocycles. The molecule has 1 aromatic heterocycles. The van der Waals surface area contributed by atoms with Crippen molar-refractivity contribution in [2.45, 2.75) is 13.8 Å². The minimum absolute atomic E-state index is 0.00222. The van der Waals surface area contributed by atoms with E-state index in [0.717, 1.165) is 11.1 Å². The molecule has 2 aromatic rings. The molecule has 0 unspecified atom stereocenters. The topological polar surface area (TPSA) is 39.4 Å². The van der Waals surface area contributed by atoms with Crippen molar-refractivity contribution in [1.29, 1.82) is 0 Å². The van der Waals surface area contributed by atoms with Crippen molar-refractivity contribution >= 4 is 16.8 Å². The maximum atomic E-state index is 11.3. The fraction of sp³-hybridized carbons (Fsp3) is 0.250. The quantitative estimate of drug-likeness (QED) is 0.721. The zero-order valence-corrected chi connectivity index (χ0v) is 8.74. The van der Waals surface area contributed by atoms with Crippen LogP contribution < -0.4 is 4.74 Å². The smallest absolute Gasteiger partial charge is 0.163 e. The minimum Gasteiger partial charge on any atom is -0.494 e. The normalized spacial score (nSPS) is 10.5. The SMILES string of the molecule is CCOc1ccc2occ(C(C)=O)c2c1. The highest BCUT2D eigenvalue weighted by Gasteiger charge is 2.10. The Morgan fingerprint density at radius 3 is 2.93 bits per heavy atom. The molecule has 15 heavy (non-hydrogen) atoms. The maximum absolute atomic E-state index is 11.3. The predicted octanol–water partition coefficient (Wildman–Crippen LogP) is 3.03. The van der Waals surface area contributed by atoms with Gasteiger partial charge in [-0.3, -0.25) is 4.79 Å². The van der Waals surface area contributed by atoms with Crippen molar-refractivity contribution in [3.05, 3.63) is 30.0 Å². The molecule has 0 bridgehead atoms. The number of carbonyl (C=O) groups excluding carboxylic acids is 1. The summed E-state index contributed by atoms with van der Waals surface area (Å²) in [6, 6.07) is 5.48. The number of Topliss-reactive ketones (excluding diaryl/α,β-unsaturated/α-hetero) is 1. The van der Waals surface area contributed by atoms with Gasteiger partial charge in [0.05, 0.1) is 12.2 Å². The standard InChI is InChI=1S/C12H12O3/c1-3-14-9-4-5-12-10(6-9)11(7-15-12)8(2)13/h4-7H,3H2,1-2H3. The van der Waals surface area contributed by atoms with E-state index in [-0.39, 0.29) is 5.78 Å². The van der Waals surface area contributed by atoms with Gasteiger partial charge in [-0.05, 0) is 32.0 Å². The van der Waals surface area contributed by atoms with Crippen LogP contribution in [0.15, 0.2) is 28.9 Å². The van der Waals surface area contributed by atoms with E-state index in [0.29, 0.717) is 17.8 Å². The summed E-state index contributed by atoms with van der Waals surface area (Å²) in [5, 5.41) is 0.813. The summed E-state index contributed by atoms with van der Waals surface area (Å²) in [6.45, 7) is 4.06. The number of furan rings is 1. The van der Waals surface area contributed by atoms with Gasteiger partial charge in [-0.25, -0.2) is 0 Å². The summed E-state index contributed by atoms with van der Waals surface area (Å²) in [5.74, 6) is 0.760. The average molecular weight is 204 g/mol. The van der Waals surface area contributed by atoms with Crippen LogP contribution in [0.5, 0.6) is 5.75 Å². The second-order valence-electron chi connectivity index (χ2n) is 3.30. The van der Waals surface area contributed by atoms with Crippen LogP contribution >= 0.6 is 0 Å². The Labute approximate surface area is 87.6 Å². The number of hydrogen-bond acceptors (Lipinski definition) is 3. The summed E-state index contributed by atoms with van der Waals surface area (Å²) >= 11 is 0. The minimum atomic E-state index is 0.00222. The molecule has 2 rings (SSSR count). The van der Waals surface area contributed by atoms with Gasteiger partial charge in [0.1, 0.15) is 17.6 Å². The molecule has 0 spiro atoms. The number of carbonyl (C=O) groups is 1. The van der Waals surface area contributed by atoms with E-state index in [4.69, 9.17) is 9.15 Å². The Kier molecular flexibility index (Phi) is 2.46. The van der Waals surface area contributed by atoms with E-state index < -0.39 is 0 Å². The molecule has 3 heteroatoms. The maximum Gasteiger partial charge on any atom is 0.163 e. The highest BCUT2D eigenvalue weighted by atomic mass is 16.5. The molecule has 0 aliphatic carbocycles. The molecule has 0 fully saturated rings. The molecule has 3 nitrogen and oxygen atoms in total. The molecule has 0 atom stereocenters. The first kappa shape index (κ1) is 9.77. The molecule has 78 valence electrons. The molecule has 0 N–H and O–H groups in total. The van der Waals surface area contributed by atoms with Crippen LogP contribution in [0.1, 0.15) is 24.2 Å². The first-order valence-electron chi connectivity index (χ1n) is 4.87. The monoisotopic (exact) mass is 204 g/mol. The van der Waals surface area contributed by atoms with E-state index in [2.05, 4.69) is 0 Å². The van der Waals surface area contributed by atoms with Gasteiger partial charge in [0.15, 0.2) is 5.78 Å². The fourth-order valence-corrected chi connectivity index (χ4v) is 1.54. The zero-order valence-electron chi connectivity index (χ0n) is 8.74. The van der Waals surface area contributed by atoms with Crippen LogP contribution in [-0.2, 0) is 0 Å². The number of benzene rings is 1. The van der Waals surface area contributed by atoms with Crippen molar-refractivity contribution in [1.82, 2.24) is 0 Å². The van der Waals surface area contributed by atoms with Gasteiger partial charge < -0.3 is 9.15 Å². The molecule has 0 aliphatic heterocycles. The van der Waals surface area contributed by atoms with E-state index >= 15 is 0 Å². The summed E-state index contributed by atoms with van der Waals surface area (Å²) in [5.41, 5.74) is 1.32. The molecule has 0 aliphatic rings. The Balaban J connectivity index is 2.56. The molecule has 1 heterocycles. The summed E-state index contributed by atoms with van der Waals surface area (Å²) in [7, 11) is 0. The molecule has 0 saturated carbocycles. The van der Waals surface area contributed by atoms with Crippen molar-refractivity contribution in [2.75, 3.05) is 6.61 Å². The number of rotatable bonds is 3. The van der Waals surface area contributed by atoms with Gasteiger partial charge in [0.2, 0.25) is 0 Å². The third-order valence-corrected chi connectivity index (χ3v) is 2.24. The number of fused-ring (bicyclic) bond motifs is 1. The van der Waals surface area contributed by atoms with Crippen LogP contribution in [0.3, 0.4) is 0 Å². The van der Waals surface area contributed by atoms with Gasteiger partial charge in [0.25, 0.3) is 0 Å². The lowest BCUT2D eigenvalue weighted by Crippen LogP contribution is -1.92. The van der Waals surface area contributed by atoms with Gasteiger partial charge in [-0.1, -0.05) is 0 Å². The summed E-state index contributed by atoms with van der Waals surface area (Å²) in [6.07, 6.45) is 1.49. The lowest BCUT2D eigenvalue weighted by atomic mass is 10.1. The Morgan fingerprint density at radius 2 is 2.27 bits per heavy atom. The lowest BCUT2D eigenvalue weighted by molar-refractivity contribution is 0.101.